The lowest BCUT2D eigenvalue weighted by Gasteiger charge is -2.27. The summed E-state index contributed by atoms with van der Waals surface area (Å²) in [6.45, 7) is -1.73. The second-order valence-corrected chi connectivity index (χ2v) is 6.10. The third-order valence-electron chi connectivity index (χ3n) is 4.13. The number of primary amides is 1. The predicted molar refractivity (Wildman–Crippen MR) is 89.9 cm³/mol. The van der Waals surface area contributed by atoms with E-state index in [2.05, 4.69) is 5.10 Å². The number of nitrogens with zero attached hydrogens (tertiary/aromatic N) is 2. The number of nitrogens with two attached hydrogens (primary N) is 2. The van der Waals surface area contributed by atoms with E-state index < -0.39 is 30.5 Å². The van der Waals surface area contributed by atoms with Gasteiger partial charge in [-0.3, -0.25) is 9.80 Å². The number of benzene rings is 1. The number of fused-ring (bicyclic) bond motifs is 1. The second-order valence-electron chi connectivity index (χ2n) is 6.10. The van der Waals surface area contributed by atoms with Crippen LogP contribution >= 0.6 is 0 Å². The predicted octanol–water partition coefficient (Wildman–Crippen LogP) is 1.92. The molecule has 1 heterocycles. The van der Waals surface area contributed by atoms with Crippen LogP contribution in [0.25, 0.3) is 5.57 Å². The van der Waals surface area contributed by atoms with Crippen LogP contribution in [-0.2, 0) is 4.79 Å². The third-order valence-corrected chi connectivity index (χ3v) is 4.13. The quantitative estimate of drug-likeness (QED) is 0.759. The number of hydrogen-bond acceptors (Lipinski definition) is 5. The molecule has 0 radical (unpaired) electrons. The molecule has 2 aliphatic rings. The van der Waals surface area contributed by atoms with Crippen molar-refractivity contribution in [3.8, 4) is 5.75 Å². The van der Waals surface area contributed by atoms with Crippen LogP contribution in [0.2, 0.25) is 0 Å². The summed E-state index contributed by atoms with van der Waals surface area (Å²) in [5.41, 5.74) is 12.0. The molecule has 144 valence electrons. The molecule has 3 rings (SSSR count). The summed E-state index contributed by atoms with van der Waals surface area (Å²) >= 11 is 0. The van der Waals surface area contributed by atoms with Gasteiger partial charge in [-0.15, -0.1) is 0 Å². The SMILES string of the molecule is NC(=O)CN1N=C(N)C2=CC=C(c3c(F)cccc3OCC(F)(F)F)CC21. The standard InChI is InChI=1S/C17H16F4N4O2/c18-11-2-1-3-13(27-8-17(19,20)21)15(11)9-4-5-10-12(6-9)25(7-14(22)26)24-16(10)23/h1-5,12H,6-8H2,(H2,22,26)(H2,23,24). The van der Waals surface area contributed by atoms with E-state index in [4.69, 9.17) is 16.2 Å². The maximum Gasteiger partial charge on any atom is 0.422 e. The molecule has 1 aromatic rings. The highest BCUT2D eigenvalue weighted by molar-refractivity contribution is 6.01. The number of halogens is 4. The smallest absolute Gasteiger partial charge is 0.422 e. The summed E-state index contributed by atoms with van der Waals surface area (Å²) in [6, 6.07) is 3.21. The van der Waals surface area contributed by atoms with Crippen molar-refractivity contribution in [1.29, 1.82) is 0 Å². The Bertz CT molecular complexity index is 861. The van der Waals surface area contributed by atoms with E-state index in [1.807, 2.05) is 0 Å². The maximum atomic E-state index is 14.4. The summed E-state index contributed by atoms with van der Waals surface area (Å²) < 4.78 is 56.7. The topological polar surface area (TPSA) is 93.9 Å². The van der Waals surface area contributed by atoms with Crippen LogP contribution in [0.15, 0.2) is 41.0 Å². The highest BCUT2D eigenvalue weighted by atomic mass is 19.4. The van der Waals surface area contributed by atoms with E-state index in [0.29, 0.717) is 11.1 Å². The first kappa shape index (κ1) is 18.7. The van der Waals surface area contributed by atoms with Crippen LogP contribution in [-0.4, -0.2) is 42.1 Å². The number of amidine groups is 1. The lowest BCUT2D eigenvalue weighted by atomic mass is 9.88. The van der Waals surface area contributed by atoms with Gasteiger partial charge in [0.05, 0.1) is 11.6 Å². The molecule has 6 nitrogen and oxygen atoms in total. The number of ether oxygens (including phenoxy) is 1. The van der Waals surface area contributed by atoms with E-state index in [0.717, 1.165) is 6.07 Å². The highest BCUT2D eigenvalue weighted by Crippen LogP contribution is 2.38. The number of carbonyl (C=O) groups is 1. The number of amides is 1. The van der Waals surface area contributed by atoms with Crippen molar-refractivity contribution in [2.45, 2.75) is 18.6 Å². The molecule has 0 spiro atoms. The van der Waals surface area contributed by atoms with Crippen LogP contribution in [0.3, 0.4) is 0 Å². The zero-order valence-electron chi connectivity index (χ0n) is 14.0. The van der Waals surface area contributed by atoms with E-state index in [9.17, 15) is 22.4 Å². The van der Waals surface area contributed by atoms with Crippen molar-refractivity contribution in [3.05, 3.63) is 47.3 Å². The molecule has 0 aromatic heterocycles. The highest BCUT2D eigenvalue weighted by Gasteiger charge is 2.35. The molecule has 0 saturated carbocycles. The zero-order chi connectivity index (χ0) is 19.8. The Morgan fingerprint density at radius 3 is 2.74 bits per heavy atom. The maximum absolute atomic E-state index is 14.4. The average Bonchev–Trinajstić information content (AvgIpc) is 2.87. The van der Waals surface area contributed by atoms with E-state index >= 15 is 0 Å². The molecule has 0 bridgehead atoms. The number of hydrazone groups is 1. The van der Waals surface area contributed by atoms with Gasteiger partial charge in [-0.2, -0.15) is 18.3 Å². The summed E-state index contributed by atoms with van der Waals surface area (Å²) in [5.74, 6) is -1.35. The minimum Gasteiger partial charge on any atom is -0.483 e. The first-order chi connectivity index (χ1) is 12.7. The summed E-state index contributed by atoms with van der Waals surface area (Å²) in [7, 11) is 0. The van der Waals surface area contributed by atoms with E-state index in [-0.39, 0.29) is 30.1 Å². The Morgan fingerprint density at radius 2 is 2.07 bits per heavy atom. The van der Waals surface area contributed by atoms with Crippen molar-refractivity contribution in [3.63, 3.8) is 0 Å². The fourth-order valence-electron chi connectivity index (χ4n) is 3.06. The van der Waals surface area contributed by atoms with Gasteiger partial charge in [0, 0.05) is 5.57 Å². The minimum atomic E-state index is -4.55. The summed E-state index contributed by atoms with van der Waals surface area (Å²) in [5, 5.41) is 5.45. The Morgan fingerprint density at radius 1 is 1.33 bits per heavy atom. The molecular weight excluding hydrogens is 368 g/mol. The van der Waals surface area contributed by atoms with Crippen molar-refractivity contribution in [2.24, 2.45) is 16.6 Å². The van der Waals surface area contributed by atoms with Gasteiger partial charge in [-0.1, -0.05) is 18.2 Å². The van der Waals surface area contributed by atoms with E-state index in [1.54, 1.807) is 12.2 Å². The van der Waals surface area contributed by atoms with Crippen molar-refractivity contribution in [2.75, 3.05) is 13.2 Å². The van der Waals surface area contributed by atoms with Crippen molar-refractivity contribution >= 4 is 17.3 Å². The number of carbonyl (C=O) groups excluding carboxylic acids is 1. The van der Waals surface area contributed by atoms with Gasteiger partial charge in [-0.25, -0.2) is 4.39 Å². The molecule has 1 aromatic carbocycles. The first-order valence-corrected chi connectivity index (χ1v) is 7.94. The van der Waals surface area contributed by atoms with Crippen LogP contribution < -0.4 is 16.2 Å². The lowest BCUT2D eigenvalue weighted by Crippen LogP contribution is -2.36. The minimum absolute atomic E-state index is 0.0680. The van der Waals surface area contributed by atoms with Gasteiger partial charge < -0.3 is 16.2 Å². The molecule has 4 N–H and O–H groups in total. The van der Waals surface area contributed by atoms with Gasteiger partial charge in [0.15, 0.2) is 6.61 Å². The Hall–Kier alpha value is -3.04. The van der Waals surface area contributed by atoms with Crippen LogP contribution in [0, 0.1) is 5.82 Å². The van der Waals surface area contributed by atoms with Gasteiger partial charge in [0.25, 0.3) is 0 Å². The van der Waals surface area contributed by atoms with E-state index in [1.165, 1.54) is 17.1 Å². The normalized spacial score (nSPS) is 19.2. The molecule has 27 heavy (non-hydrogen) atoms. The molecule has 0 saturated heterocycles. The first-order valence-electron chi connectivity index (χ1n) is 7.94. The summed E-state index contributed by atoms with van der Waals surface area (Å²) in [4.78, 5) is 11.2. The molecule has 10 heteroatoms. The Balaban J connectivity index is 1.92. The fourth-order valence-corrected chi connectivity index (χ4v) is 3.06. The Kier molecular flexibility index (Phi) is 4.81. The van der Waals surface area contributed by atoms with Crippen LogP contribution in [0.1, 0.15) is 12.0 Å². The second kappa shape index (κ2) is 6.93. The Labute approximate surface area is 151 Å². The molecule has 1 atom stereocenters. The number of alkyl halides is 3. The zero-order valence-corrected chi connectivity index (χ0v) is 14.0. The van der Waals surface area contributed by atoms with Gasteiger partial charge in [0.2, 0.25) is 5.91 Å². The summed E-state index contributed by atoms with van der Waals surface area (Å²) in [6.07, 6.45) is -1.22. The van der Waals surface area contributed by atoms with Crippen LogP contribution in [0.4, 0.5) is 17.6 Å². The largest absolute Gasteiger partial charge is 0.483 e. The molecule has 1 aliphatic heterocycles. The van der Waals surface area contributed by atoms with Crippen LogP contribution in [0.5, 0.6) is 5.75 Å². The van der Waals surface area contributed by atoms with Gasteiger partial charge in [-0.05, 0) is 24.1 Å². The molecule has 1 unspecified atom stereocenters. The number of rotatable bonds is 5. The molecule has 0 fully saturated rings. The van der Waals surface area contributed by atoms with Crippen molar-refractivity contribution in [1.82, 2.24) is 5.01 Å². The molecule has 1 aliphatic carbocycles. The average molecular weight is 384 g/mol. The third kappa shape index (κ3) is 4.04. The van der Waals surface area contributed by atoms with Gasteiger partial charge in [0.1, 0.15) is 23.9 Å². The van der Waals surface area contributed by atoms with Crippen molar-refractivity contribution < 1.29 is 27.1 Å². The molecular formula is C17H16F4N4O2. The number of hydrogen-bond donors (Lipinski definition) is 2. The van der Waals surface area contributed by atoms with Gasteiger partial charge >= 0.3 is 6.18 Å². The lowest BCUT2D eigenvalue weighted by molar-refractivity contribution is -0.153. The molecule has 1 amide bonds. The fraction of sp³-hybridized carbons (Fsp3) is 0.294. The monoisotopic (exact) mass is 384 g/mol. The number of allylic oxidation sites excluding steroid dienone is 2.